The van der Waals surface area contributed by atoms with E-state index in [1.807, 2.05) is 0 Å². The number of nitrogens with zero attached hydrogens (tertiary/aromatic N) is 1. The van der Waals surface area contributed by atoms with Crippen molar-refractivity contribution in [3.8, 4) is 0 Å². The van der Waals surface area contributed by atoms with Gasteiger partial charge in [-0.1, -0.05) is 0 Å². The van der Waals surface area contributed by atoms with Gasteiger partial charge < -0.3 is 19.5 Å². The van der Waals surface area contributed by atoms with Crippen molar-refractivity contribution in [2.75, 3.05) is 18.5 Å². The molecule has 0 saturated heterocycles. The number of rotatable bonds is 8. The van der Waals surface area contributed by atoms with Crippen LogP contribution in [0.4, 0.5) is 5.00 Å². The van der Waals surface area contributed by atoms with Crippen molar-refractivity contribution in [1.82, 2.24) is 4.98 Å². The molecule has 1 atom stereocenters. The Labute approximate surface area is 177 Å². The van der Waals surface area contributed by atoms with E-state index in [4.69, 9.17) is 14.2 Å². The van der Waals surface area contributed by atoms with Crippen molar-refractivity contribution < 1.29 is 33.4 Å². The molecule has 10 heteroatoms. The molecule has 0 aliphatic rings. The Balaban J connectivity index is 2.23. The van der Waals surface area contributed by atoms with Crippen LogP contribution in [0.3, 0.4) is 0 Å². The number of pyridine rings is 1. The monoisotopic (exact) mass is 434 g/mol. The second-order valence-electron chi connectivity index (χ2n) is 5.98. The van der Waals surface area contributed by atoms with Crippen LogP contribution in [0.15, 0.2) is 24.5 Å². The van der Waals surface area contributed by atoms with E-state index < -0.39 is 29.9 Å². The Hall–Kier alpha value is -3.27. The van der Waals surface area contributed by atoms with Gasteiger partial charge in [-0.25, -0.2) is 14.4 Å². The Morgan fingerprint density at radius 2 is 1.77 bits per heavy atom. The molecule has 0 fully saturated rings. The second-order valence-corrected chi connectivity index (χ2v) is 7.00. The lowest BCUT2D eigenvalue weighted by Gasteiger charge is -2.13. The van der Waals surface area contributed by atoms with Crippen LogP contribution in [0.1, 0.15) is 56.7 Å². The van der Waals surface area contributed by atoms with Gasteiger partial charge in [-0.3, -0.25) is 9.78 Å². The second kappa shape index (κ2) is 10.5. The summed E-state index contributed by atoms with van der Waals surface area (Å²) in [5.41, 5.74) is 0.595. The van der Waals surface area contributed by atoms with Gasteiger partial charge in [0.1, 0.15) is 9.88 Å². The Bertz CT molecular complexity index is 940. The summed E-state index contributed by atoms with van der Waals surface area (Å²) in [6.45, 7) is 6.54. The highest BCUT2D eigenvalue weighted by molar-refractivity contribution is 7.18. The lowest BCUT2D eigenvalue weighted by Crippen LogP contribution is -2.30. The van der Waals surface area contributed by atoms with E-state index in [0.717, 1.165) is 11.3 Å². The van der Waals surface area contributed by atoms with Gasteiger partial charge in [0.2, 0.25) is 0 Å². The van der Waals surface area contributed by atoms with E-state index in [0.29, 0.717) is 5.56 Å². The zero-order valence-corrected chi connectivity index (χ0v) is 17.8. The van der Waals surface area contributed by atoms with Crippen LogP contribution in [-0.2, 0) is 19.0 Å². The molecule has 0 aliphatic carbocycles. The van der Waals surface area contributed by atoms with E-state index in [1.165, 1.54) is 25.4 Å². The van der Waals surface area contributed by atoms with Crippen molar-refractivity contribution >= 4 is 40.2 Å². The molecule has 0 spiro atoms. The van der Waals surface area contributed by atoms with Crippen LogP contribution >= 0.6 is 11.3 Å². The van der Waals surface area contributed by atoms with Gasteiger partial charge in [0.05, 0.1) is 24.3 Å². The van der Waals surface area contributed by atoms with Gasteiger partial charge >= 0.3 is 17.9 Å². The predicted octanol–water partition coefficient (Wildman–Crippen LogP) is 2.99. The maximum Gasteiger partial charge on any atom is 0.348 e. The van der Waals surface area contributed by atoms with Gasteiger partial charge in [0.15, 0.2) is 6.10 Å². The van der Waals surface area contributed by atoms with E-state index in [2.05, 4.69) is 10.3 Å². The lowest BCUT2D eigenvalue weighted by atomic mass is 10.1. The first-order valence-electron chi connectivity index (χ1n) is 9.19. The molecule has 2 heterocycles. The average Bonchev–Trinajstić information content (AvgIpc) is 3.04. The first-order chi connectivity index (χ1) is 14.3. The van der Waals surface area contributed by atoms with Crippen LogP contribution in [-0.4, -0.2) is 48.1 Å². The summed E-state index contributed by atoms with van der Waals surface area (Å²) in [5, 5.41) is 2.66. The van der Waals surface area contributed by atoms with Crippen LogP contribution in [0.2, 0.25) is 0 Å². The molecule has 9 nitrogen and oxygen atoms in total. The molecule has 0 aromatic carbocycles. The minimum absolute atomic E-state index is 0.0593. The molecule has 2 aromatic heterocycles. The summed E-state index contributed by atoms with van der Waals surface area (Å²) < 4.78 is 15.2. The number of amides is 1. The van der Waals surface area contributed by atoms with Gasteiger partial charge in [0.25, 0.3) is 5.91 Å². The van der Waals surface area contributed by atoms with E-state index in [1.54, 1.807) is 26.8 Å². The fraction of sp³-hybridized carbons (Fsp3) is 0.350. The van der Waals surface area contributed by atoms with Crippen LogP contribution < -0.4 is 5.32 Å². The first kappa shape index (κ1) is 23.0. The zero-order chi connectivity index (χ0) is 22.3. The van der Waals surface area contributed by atoms with Crippen molar-refractivity contribution in [2.24, 2.45) is 0 Å². The molecule has 1 N–H and O–H groups in total. The van der Waals surface area contributed by atoms with Crippen LogP contribution in [0.25, 0.3) is 0 Å². The number of carbonyl (C=O) groups is 4. The number of carbonyl (C=O) groups excluding carboxylic acids is 4. The molecule has 2 aromatic rings. The van der Waals surface area contributed by atoms with Gasteiger partial charge in [-0.2, -0.15) is 0 Å². The minimum Gasteiger partial charge on any atom is -0.462 e. The molecule has 0 radical (unpaired) electrons. The Morgan fingerprint density at radius 1 is 1.10 bits per heavy atom. The molecule has 1 amide bonds. The quantitative estimate of drug-likeness (QED) is 0.497. The summed E-state index contributed by atoms with van der Waals surface area (Å²) in [7, 11) is 0. The number of nitrogens with one attached hydrogen (secondary N) is 1. The third-order valence-electron chi connectivity index (χ3n) is 3.87. The zero-order valence-electron chi connectivity index (χ0n) is 17.0. The standard InChI is InChI=1S/C20H22N2O7S/c1-5-27-19(25)14-11(3)15(20(26)28-6-2)30-17(14)22-16(23)12(4)29-18(24)13-8-7-9-21-10-13/h7-10,12H,5-6H2,1-4H3,(H,22,23). The summed E-state index contributed by atoms with van der Waals surface area (Å²) in [4.78, 5) is 53.2. The fourth-order valence-electron chi connectivity index (χ4n) is 2.42. The summed E-state index contributed by atoms with van der Waals surface area (Å²) in [5.74, 6) is -2.68. The highest BCUT2D eigenvalue weighted by Gasteiger charge is 2.29. The maximum absolute atomic E-state index is 12.6. The number of anilines is 1. The Kier molecular flexibility index (Phi) is 8.05. The third-order valence-corrected chi connectivity index (χ3v) is 5.06. The molecule has 2 rings (SSSR count). The number of esters is 3. The third kappa shape index (κ3) is 5.41. The molecule has 160 valence electrons. The summed E-state index contributed by atoms with van der Waals surface area (Å²) >= 11 is 0.892. The van der Waals surface area contributed by atoms with Gasteiger partial charge in [-0.05, 0) is 45.4 Å². The minimum atomic E-state index is -1.17. The van der Waals surface area contributed by atoms with Gasteiger partial charge in [0, 0.05) is 12.4 Å². The number of hydrogen-bond donors (Lipinski definition) is 1. The number of aromatic nitrogens is 1. The largest absolute Gasteiger partial charge is 0.462 e. The van der Waals surface area contributed by atoms with Crippen molar-refractivity contribution in [3.63, 3.8) is 0 Å². The van der Waals surface area contributed by atoms with E-state index in [9.17, 15) is 19.2 Å². The maximum atomic E-state index is 12.6. The highest BCUT2D eigenvalue weighted by Crippen LogP contribution is 2.34. The first-order valence-corrected chi connectivity index (χ1v) is 10.0. The molecule has 30 heavy (non-hydrogen) atoms. The van der Waals surface area contributed by atoms with Crippen LogP contribution in [0, 0.1) is 6.92 Å². The van der Waals surface area contributed by atoms with Crippen molar-refractivity contribution in [1.29, 1.82) is 0 Å². The molecular formula is C20H22N2O7S. The van der Waals surface area contributed by atoms with Crippen molar-refractivity contribution in [2.45, 2.75) is 33.8 Å². The SMILES string of the molecule is CCOC(=O)c1sc(NC(=O)C(C)OC(=O)c2cccnc2)c(C(=O)OCC)c1C. The number of hydrogen-bond acceptors (Lipinski definition) is 9. The molecule has 0 saturated carbocycles. The molecule has 1 unspecified atom stereocenters. The summed E-state index contributed by atoms with van der Waals surface area (Å²) in [6.07, 6.45) is 1.66. The Morgan fingerprint density at radius 3 is 2.37 bits per heavy atom. The normalized spacial score (nSPS) is 11.3. The van der Waals surface area contributed by atoms with Crippen LogP contribution in [0.5, 0.6) is 0 Å². The van der Waals surface area contributed by atoms with Crippen molar-refractivity contribution in [3.05, 3.63) is 46.1 Å². The molecular weight excluding hydrogens is 412 g/mol. The van der Waals surface area contributed by atoms with Gasteiger partial charge in [-0.15, -0.1) is 11.3 Å². The lowest BCUT2D eigenvalue weighted by molar-refractivity contribution is -0.123. The highest BCUT2D eigenvalue weighted by atomic mass is 32.1. The molecule has 0 bridgehead atoms. The smallest absolute Gasteiger partial charge is 0.348 e. The predicted molar refractivity (Wildman–Crippen MR) is 109 cm³/mol. The van der Waals surface area contributed by atoms with E-state index >= 15 is 0 Å². The van der Waals surface area contributed by atoms with E-state index in [-0.39, 0.29) is 34.2 Å². The topological polar surface area (TPSA) is 121 Å². The fourth-order valence-corrected chi connectivity index (χ4v) is 3.51. The molecule has 0 aliphatic heterocycles. The summed E-state index contributed by atoms with van der Waals surface area (Å²) in [6, 6.07) is 3.07. The average molecular weight is 434 g/mol. The number of thiophene rings is 1. The number of ether oxygens (including phenoxy) is 3.